The van der Waals surface area contributed by atoms with E-state index in [1.165, 1.54) is 0 Å². The fourth-order valence-corrected chi connectivity index (χ4v) is 1.93. The molecule has 1 aromatic carbocycles. The Labute approximate surface area is 120 Å². The lowest BCUT2D eigenvalue weighted by molar-refractivity contribution is 0.0451. The molecule has 3 N–H and O–H groups in total. The molecule has 1 rings (SSSR count). The number of carbonyl (C=O) groups is 1. The molecule has 0 bridgehead atoms. The summed E-state index contributed by atoms with van der Waals surface area (Å²) in [7, 11) is 0. The predicted molar refractivity (Wildman–Crippen MR) is 79.8 cm³/mol. The van der Waals surface area contributed by atoms with E-state index in [-0.39, 0.29) is 5.56 Å². The van der Waals surface area contributed by atoms with Crippen molar-refractivity contribution in [1.29, 1.82) is 0 Å². The van der Waals surface area contributed by atoms with Gasteiger partial charge < -0.3 is 15.5 Å². The molecule has 0 aliphatic carbocycles. The Balaban J connectivity index is 2.38. The van der Waals surface area contributed by atoms with Crippen LogP contribution in [0.5, 0.6) is 0 Å². The smallest absolute Gasteiger partial charge is 0.335 e. The van der Waals surface area contributed by atoms with Crippen LogP contribution in [0.4, 0.5) is 0 Å². The number of hydrogen-bond donors (Lipinski definition) is 3. The number of nitrogens with one attached hydrogen (secondary N) is 1. The summed E-state index contributed by atoms with van der Waals surface area (Å²) in [5.74, 6) is -0.328. The number of benzene rings is 1. The standard InChI is InChI=1S/C16H25NO3/c1-12(2)8-9-16(3,20)11-17-10-13-4-6-14(7-5-13)15(18)19/h4-7,12,17,20H,8-11H2,1-3H3,(H,18,19). The SMILES string of the molecule is CC(C)CCC(C)(O)CNCc1ccc(C(=O)O)cc1. The van der Waals surface area contributed by atoms with Gasteiger partial charge >= 0.3 is 5.97 Å². The van der Waals surface area contributed by atoms with Crippen molar-refractivity contribution < 1.29 is 15.0 Å². The highest BCUT2D eigenvalue weighted by Gasteiger charge is 2.19. The minimum absolute atomic E-state index is 0.290. The Morgan fingerprint density at radius 2 is 1.90 bits per heavy atom. The molecule has 0 saturated heterocycles. The third-order valence-electron chi connectivity index (χ3n) is 3.30. The maximum absolute atomic E-state index is 10.7. The number of aliphatic hydroxyl groups is 1. The molecule has 1 unspecified atom stereocenters. The first-order valence-corrected chi connectivity index (χ1v) is 7.05. The van der Waals surface area contributed by atoms with Gasteiger partial charge in [-0.15, -0.1) is 0 Å². The van der Waals surface area contributed by atoms with Gasteiger partial charge in [-0.1, -0.05) is 26.0 Å². The minimum atomic E-state index is -0.916. The van der Waals surface area contributed by atoms with Crippen molar-refractivity contribution in [3.63, 3.8) is 0 Å². The normalized spacial score (nSPS) is 14.2. The van der Waals surface area contributed by atoms with Crippen LogP contribution in [-0.2, 0) is 6.54 Å². The van der Waals surface area contributed by atoms with Gasteiger partial charge in [0.05, 0.1) is 11.2 Å². The highest BCUT2D eigenvalue weighted by atomic mass is 16.4. The Hall–Kier alpha value is -1.39. The number of rotatable bonds is 8. The Kier molecular flexibility index (Phi) is 6.17. The van der Waals surface area contributed by atoms with Gasteiger partial charge in [0, 0.05) is 13.1 Å². The van der Waals surface area contributed by atoms with Gasteiger partial charge in [0.15, 0.2) is 0 Å². The third kappa shape index (κ3) is 6.17. The molecule has 0 saturated carbocycles. The average molecular weight is 279 g/mol. The van der Waals surface area contributed by atoms with E-state index >= 15 is 0 Å². The molecule has 112 valence electrons. The summed E-state index contributed by atoms with van der Waals surface area (Å²) >= 11 is 0. The molecule has 0 aliphatic rings. The lowest BCUT2D eigenvalue weighted by Crippen LogP contribution is -2.37. The highest BCUT2D eigenvalue weighted by Crippen LogP contribution is 2.15. The van der Waals surface area contributed by atoms with Crippen LogP contribution < -0.4 is 5.32 Å². The van der Waals surface area contributed by atoms with Crippen LogP contribution in [0.25, 0.3) is 0 Å². The van der Waals surface area contributed by atoms with E-state index in [2.05, 4.69) is 19.2 Å². The van der Waals surface area contributed by atoms with E-state index in [1.807, 2.05) is 6.92 Å². The zero-order valence-corrected chi connectivity index (χ0v) is 12.5. The summed E-state index contributed by atoms with van der Waals surface area (Å²) in [6.45, 7) is 7.29. The Morgan fingerprint density at radius 3 is 2.40 bits per heavy atom. The summed E-state index contributed by atoms with van der Waals surface area (Å²) in [5.41, 5.74) is 0.595. The molecular formula is C16H25NO3. The molecule has 4 heteroatoms. The monoisotopic (exact) mass is 279 g/mol. The molecule has 1 atom stereocenters. The van der Waals surface area contributed by atoms with Crippen LogP contribution >= 0.6 is 0 Å². The van der Waals surface area contributed by atoms with Crippen LogP contribution in [0.2, 0.25) is 0 Å². The van der Waals surface area contributed by atoms with Crippen molar-refractivity contribution in [3.8, 4) is 0 Å². The molecule has 0 fully saturated rings. The van der Waals surface area contributed by atoms with Crippen LogP contribution in [0.1, 0.15) is 49.5 Å². The van der Waals surface area contributed by atoms with Crippen LogP contribution in [0, 0.1) is 5.92 Å². The fraction of sp³-hybridized carbons (Fsp3) is 0.562. The fourth-order valence-electron chi connectivity index (χ4n) is 1.93. The zero-order valence-electron chi connectivity index (χ0n) is 12.5. The molecule has 0 amide bonds. The molecule has 4 nitrogen and oxygen atoms in total. The molecular weight excluding hydrogens is 254 g/mol. The first kappa shape index (κ1) is 16.7. The summed E-state index contributed by atoms with van der Waals surface area (Å²) < 4.78 is 0. The van der Waals surface area contributed by atoms with E-state index in [0.717, 1.165) is 18.4 Å². The van der Waals surface area contributed by atoms with E-state index < -0.39 is 11.6 Å². The lowest BCUT2D eigenvalue weighted by atomic mass is 9.95. The maximum atomic E-state index is 10.7. The Bertz CT molecular complexity index is 424. The maximum Gasteiger partial charge on any atom is 0.335 e. The third-order valence-corrected chi connectivity index (χ3v) is 3.30. The summed E-state index contributed by atoms with van der Waals surface area (Å²) in [4.78, 5) is 10.7. The molecule has 20 heavy (non-hydrogen) atoms. The van der Waals surface area contributed by atoms with Crippen LogP contribution in [-0.4, -0.2) is 28.3 Å². The first-order valence-electron chi connectivity index (χ1n) is 7.05. The highest BCUT2D eigenvalue weighted by molar-refractivity contribution is 5.87. The average Bonchev–Trinajstić information content (AvgIpc) is 2.37. The van der Waals surface area contributed by atoms with E-state index in [9.17, 15) is 9.90 Å². The molecule has 0 radical (unpaired) electrons. The van der Waals surface area contributed by atoms with Gasteiger partial charge in [0.2, 0.25) is 0 Å². The van der Waals surface area contributed by atoms with E-state index in [1.54, 1.807) is 24.3 Å². The molecule has 1 aromatic rings. The number of aromatic carboxylic acids is 1. The van der Waals surface area contributed by atoms with Crippen molar-refractivity contribution >= 4 is 5.97 Å². The molecule has 0 aliphatic heterocycles. The van der Waals surface area contributed by atoms with E-state index in [0.29, 0.717) is 19.0 Å². The first-order chi connectivity index (χ1) is 9.30. The lowest BCUT2D eigenvalue weighted by Gasteiger charge is -2.24. The second-order valence-corrected chi connectivity index (χ2v) is 6.04. The largest absolute Gasteiger partial charge is 0.478 e. The quantitative estimate of drug-likeness (QED) is 0.684. The number of carboxylic acid groups (broad SMARTS) is 1. The molecule has 0 aromatic heterocycles. The Morgan fingerprint density at radius 1 is 1.30 bits per heavy atom. The van der Waals surface area contributed by atoms with Gasteiger partial charge in [-0.2, -0.15) is 0 Å². The van der Waals surface area contributed by atoms with Gasteiger partial charge in [0.1, 0.15) is 0 Å². The van der Waals surface area contributed by atoms with Crippen molar-refractivity contribution in [2.45, 2.75) is 45.8 Å². The topological polar surface area (TPSA) is 69.6 Å². The number of hydrogen-bond acceptors (Lipinski definition) is 3. The predicted octanol–water partition coefficient (Wildman–Crippen LogP) is 2.66. The van der Waals surface area contributed by atoms with Crippen molar-refractivity contribution in [2.75, 3.05) is 6.54 Å². The van der Waals surface area contributed by atoms with Gasteiger partial charge in [-0.25, -0.2) is 4.79 Å². The van der Waals surface area contributed by atoms with Crippen molar-refractivity contribution in [2.24, 2.45) is 5.92 Å². The zero-order chi connectivity index (χ0) is 15.2. The van der Waals surface area contributed by atoms with E-state index in [4.69, 9.17) is 5.11 Å². The summed E-state index contributed by atoms with van der Waals surface area (Å²) in [6, 6.07) is 6.77. The van der Waals surface area contributed by atoms with Gasteiger partial charge in [-0.05, 0) is 43.4 Å². The van der Waals surface area contributed by atoms with Crippen molar-refractivity contribution in [1.82, 2.24) is 5.32 Å². The van der Waals surface area contributed by atoms with Crippen LogP contribution in [0.3, 0.4) is 0 Å². The van der Waals surface area contributed by atoms with Gasteiger partial charge in [-0.3, -0.25) is 0 Å². The number of carboxylic acids is 1. The minimum Gasteiger partial charge on any atom is -0.478 e. The van der Waals surface area contributed by atoms with Crippen molar-refractivity contribution in [3.05, 3.63) is 35.4 Å². The van der Waals surface area contributed by atoms with Crippen LogP contribution in [0.15, 0.2) is 24.3 Å². The summed E-state index contributed by atoms with van der Waals surface area (Å²) in [6.07, 6.45) is 1.78. The molecule has 0 spiro atoms. The molecule has 0 heterocycles. The van der Waals surface area contributed by atoms with Gasteiger partial charge in [0.25, 0.3) is 0 Å². The second kappa shape index (κ2) is 7.41. The second-order valence-electron chi connectivity index (χ2n) is 6.04. The summed E-state index contributed by atoms with van der Waals surface area (Å²) in [5, 5.41) is 22.2.